The molecule has 0 aliphatic carbocycles. The molecule has 0 saturated heterocycles. The van der Waals surface area contributed by atoms with E-state index in [1.165, 1.54) is 6.42 Å². The second kappa shape index (κ2) is 9.25. The molecule has 3 heteroatoms. The van der Waals surface area contributed by atoms with E-state index in [1.807, 2.05) is 6.19 Å². The third kappa shape index (κ3) is 9.25. The Morgan fingerprint density at radius 1 is 1.36 bits per heavy atom. The fourth-order valence-corrected chi connectivity index (χ4v) is 0.667. The molecular weight excluding hydrogens is 140 g/mol. The summed E-state index contributed by atoms with van der Waals surface area (Å²) in [6.45, 7) is 4.47. The van der Waals surface area contributed by atoms with Gasteiger partial charge < -0.3 is 10.1 Å². The first kappa shape index (κ1) is 10.2. The molecule has 11 heavy (non-hydrogen) atoms. The Balaban J connectivity index is 2.75. The van der Waals surface area contributed by atoms with E-state index < -0.39 is 0 Å². The van der Waals surface area contributed by atoms with Crippen LogP contribution in [0.2, 0.25) is 0 Å². The van der Waals surface area contributed by atoms with Gasteiger partial charge in [0, 0.05) is 19.8 Å². The summed E-state index contributed by atoms with van der Waals surface area (Å²) >= 11 is 0. The maximum atomic E-state index is 8.11. The van der Waals surface area contributed by atoms with Crippen molar-refractivity contribution in [3.05, 3.63) is 0 Å². The number of rotatable bonds is 7. The summed E-state index contributed by atoms with van der Waals surface area (Å²) in [5.41, 5.74) is 0. The molecule has 0 amide bonds. The van der Waals surface area contributed by atoms with Crippen LogP contribution in [0.3, 0.4) is 0 Å². The monoisotopic (exact) mass is 156 g/mol. The van der Waals surface area contributed by atoms with E-state index in [4.69, 9.17) is 10.00 Å². The van der Waals surface area contributed by atoms with E-state index >= 15 is 0 Å². The van der Waals surface area contributed by atoms with Crippen LogP contribution in [0.5, 0.6) is 0 Å². The van der Waals surface area contributed by atoms with E-state index in [-0.39, 0.29) is 0 Å². The van der Waals surface area contributed by atoms with Gasteiger partial charge in [0.05, 0.1) is 0 Å². The Bertz CT molecular complexity index is 109. The molecule has 3 nitrogen and oxygen atoms in total. The quantitative estimate of drug-likeness (QED) is 0.343. The molecule has 0 radical (unpaired) electrons. The molecular formula is C8H16N2O. The highest BCUT2D eigenvalue weighted by Crippen LogP contribution is 1.88. The normalized spacial score (nSPS) is 9.09. The van der Waals surface area contributed by atoms with Gasteiger partial charge in [0.25, 0.3) is 0 Å². The first-order valence-electron chi connectivity index (χ1n) is 4.11. The number of ether oxygens (including phenoxy) is 1. The average molecular weight is 156 g/mol. The number of unbranched alkanes of at least 4 members (excludes halogenated alkanes) is 1. The van der Waals surface area contributed by atoms with Crippen LogP contribution in [0.4, 0.5) is 0 Å². The summed E-state index contributed by atoms with van der Waals surface area (Å²) in [5, 5.41) is 10.7. The van der Waals surface area contributed by atoms with Crippen LogP contribution < -0.4 is 5.32 Å². The highest BCUT2D eigenvalue weighted by Gasteiger charge is 1.87. The van der Waals surface area contributed by atoms with Crippen LogP contribution in [-0.2, 0) is 4.74 Å². The van der Waals surface area contributed by atoms with Gasteiger partial charge in [-0.25, -0.2) is 0 Å². The molecule has 0 atom stereocenters. The predicted octanol–water partition coefficient (Wildman–Crippen LogP) is 1.26. The van der Waals surface area contributed by atoms with Crippen molar-refractivity contribution in [3.8, 4) is 6.19 Å². The van der Waals surface area contributed by atoms with Crippen molar-refractivity contribution >= 4 is 0 Å². The summed E-state index contributed by atoms with van der Waals surface area (Å²) in [5.74, 6) is 0. The first-order valence-corrected chi connectivity index (χ1v) is 4.11. The van der Waals surface area contributed by atoms with Gasteiger partial charge in [0.2, 0.25) is 0 Å². The molecule has 0 aromatic rings. The molecule has 0 aromatic heterocycles. The molecule has 0 bridgehead atoms. The van der Waals surface area contributed by atoms with Crippen LogP contribution >= 0.6 is 0 Å². The van der Waals surface area contributed by atoms with Crippen molar-refractivity contribution in [1.29, 1.82) is 5.26 Å². The number of nitrogens with zero attached hydrogens (tertiary/aromatic N) is 1. The molecule has 0 fully saturated rings. The second-order valence-corrected chi connectivity index (χ2v) is 2.36. The van der Waals surface area contributed by atoms with Crippen molar-refractivity contribution in [2.45, 2.75) is 26.2 Å². The highest BCUT2D eigenvalue weighted by molar-refractivity contribution is 4.63. The zero-order chi connectivity index (χ0) is 8.36. The molecule has 0 spiro atoms. The number of nitriles is 1. The highest BCUT2D eigenvalue weighted by atomic mass is 16.5. The first-order chi connectivity index (χ1) is 5.41. The number of nitrogens with one attached hydrogen (secondary N) is 1. The third-order valence-electron chi connectivity index (χ3n) is 1.31. The minimum absolute atomic E-state index is 0.725. The molecule has 0 aromatic carbocycles. The lowest BCUT2D eigenvalue weighted by atomic mass is 10.4. The van der Waals surface area contributed by atoms with Crippen LogP contribution in [0.25, 0.3) is 0 Å². The SMILES string of the molecule is CCCCOCCCNC#N. The van der Waals surface area contributed by atoms with E-state index in [9.17, 15) is 0 Å². The number of hydrogen-bond acceptors (Lipinski definition) is 3. The minimum atomic E-state index is 0.725. The maximum Gasteiger partial charge on any atom is 0.176 e. The summed E-state index contributed by atoms with van der Waals surface area (Å²) in [7, 11) is 0. The lowest BCUT2D eigenvalue weighted by Crippen LogP contribution is -2.10. The molecule has 0 rings (SSSR count). The molecule has 0 saturated carbocycles. The minimum Gasteiger partial charge on any atom is -0.381 e. The molecule has 0 heterocycles. The molecule has 0 aliphatic rings. The van der Waals surface area contributed by atoms with Gasteiger partial charge in [-0.3, -0.25) is 0 Å². The predicted molar refractivity (Wildman–Crippen MR) is 44.0 cm³/mol. The topological polar surface area (TPSA) is 45.0 Å². The van der Waals surface area contributed by atoms with Gasteiger partial charge in [-0.2, -0.15) is 5.26 Å². The van der Waals surface area contributed by atoms with E-state index in [0.717, 1.165) is 32.6 Å². The van der Waals surface area contributed by atoms with Crippen molar-refractivity contribution in [3.63, 3.8) is 0 Å². The van der Waals surface area contributed by atoms with Gasteiger partial charge in [0.1, 0.15) is 0 Å². The van der Waals surface area contributed by atoms with Crippen molar-refractivity contribution in [2.75, 3.05) is 19.8 Å². The summed E-state index contributed by atoms with van der Waals surface area (Å²) < 4.78 is 5.27. The van der Waals surface area contributed by atoms with Gasteiger partial charge >= 0.3 is 0 Å². The zero-order valence-electron chi connectivity index (χ0n) is 7.10. The summed E-state index contributed by atoms with van der Waals surface area (Å²) in [4.78, 5) is 0. The van der Waals surface area contributed by atoms with Crippen molar-refractivity contribution in [1.82, 2.24) is 5.32 Å². The van der Waals surface area contributed by atoms with Crippen LogP contribution in [0.15, 0.2) is 0 Å². The standard InChI is InChI=1S/C8H16N2O/c1-2-3-6-11-7-4-5-10-8-9/h10H,2-7H2,1H3. The third-order valence-corrected chi connectivity index (χ3v) is 1.31. The summed E-state index contributed by atoms with van der Waals surface area (Å²) in [6, 6.07) is 0. The van der Waals surface area contributed by atoms with Gasteiger partial charge in [-0.1, -0.05) is 13.3 Å². The summed E-state index contributed by atoms with van der Waals surface area (Å²) in [6.07, 6.45) is 5.09. The Hall–Kier alpha value is -0.750. The lowest BCUT2D eigenvalue weighted by molar-refractivity contribution is 0.129. The van der Waals surface area contributed by atoms with Crippen molar-refractivity contribution < 1.29 is 4.74 Å². The molecule has 64 valence electrons. The zero-order valence-corrected chi connectivity index (χ0v) is 7.10. The van der Waals surface area contributed by atoms with E-state index in [2.05, 4.69) is 12.2 Å². The molecule has 0 unspecified atom stereocenters. The fourth-order valence-electron chi connectivity index (χ4n) is 0.667. The van der Waals surface area contributed by atoms with Crippen LogP contribution in [-0.4, -0.2) is 19.8 Å². The Morgan fingerprint density at radius 3 is 2.73 bits per heavy atom. The molecule has 1 N–H and O–H groups in total. The Morgan fingerprint density at radius 2 is 2.09 bits per heavy atom. The fraction of sp³-hybridized carbons (Fsp3) is 0.875. The van der Waals surface area contributed by atoms with E-state index in [0.29, 0.717) is 0 Å². The van der Waals surface area contributed by atoms with Crippen LogP contribution in [0, 0.1) is 11.5 Å². The van der Waals surface area contributed by atoms with Gasteiger partial charge in [-0.15, -0.1) is 0 Å². The van der Waals surface area contributed by atoms with Crippen LogP contribution in [0.1, 0.15) is 26.2 Å². The lowest BCUT2D eigenvalue weighted by Gasteiger charge is -2.01. The van der Waals surface area contributed by atoms with Crippen molar-refractivity contribution in [2.24, 2.45) is 0 Å². The average Bonchev–Trinajstić information content (AvgIpc) is 2.03. The largest absolute Gasteiger partial charge is 0.381 e. The maximum absolute atomic E-state index is 8.11. The molecule has 0 aliphatic heterocycles. The van der Waals surface area contributed by atoms with Gasteiger partial charge in [-0.05, 0) is 12.8 Å². The smallest absolute Gasteiger partial charge is 0.176 e. The number of hydrogen-bond donors (Lipinski definition) is 1. The second-order valence-electron chi connectivity index (χ2n) is 2.36. The van der Waals surface area contributed by atoms with E-state index in [1.54, 1.807) is 0 Å². The Kier molecular flexibility index (Phi) is 8.62. The Labute approximate surface area is 68.3 Å². The van der Waals surface area contributed by atoms with Gasteiger partial charge in [0.15, 0.2) is 6.19 Å².